The number of non-ortho nitro benzene ring substituents is 1. The Morgan fingerprint density at radius 3 is 2.08 bits per heavy atom. The van der Waals surface area contributed by atoms with Gasteiger partial charge in [0.25, 0.3) is 5.69 Å². The molecule has 0 fully saturated rings. The Morgan fingerprint density at radius 2 is 1.50 bits per heavy atom. The Hall–Kier alpha value is -3.82. The molecule has 24 heavy (non-hydrogen) atoms. The Balaban J connectivity index is 2.15. The van der Waals surface area contributed by atoms with Crippen LogP contribution in [-0.4, -0.2) is 32.5 Å². The van der Waals surface area contributed by atoms with Crippen molar-refractivity contribution in [2.75, 3.05) is 0 Å². The van der Waals surface area contributed by atoms with Gasteiger partial charge in [0.2, 0.25) is 0 Å². The zero-order valence-corrected chi connectivity index (χ0v) is 11.9. The second-order valence-corrected chi connectivity index (χ2v) is 4.49. The lowest BCUT2D eigenvalue weighted by atomic mass is 10.2. The van der Waals surface area contributed by atoms with E-state index in [0.717, 1.165) is 18.3 Å². The monoisotopic (exact) mass is 330 g/mol. The summed E-state index contributed by atoms with van der Waals surface area (Å²) in [6.45, 7) is 0. The van der Waals surface area contributed by atoms with Crippen LogP contribution in [0.2, 0.25) is 0 Å². The maximum atomic E-state index is 10.7. The zero-order chi connectivity index (χ0) is 17.7. The van der Waals surface area contributed by atoms with E-state index in [1.807, 2.05) is 0 Å². The van der Waals surface area contributed by atoms with E-state index in [9.17, 15) is 30.4 Å². The molecular formula is C14H10N4O6. The predicted molar refractivity (Wildman–Crippen MR) is 84.7 cm³/mol. The van der Waals surface area contributed by atoms with Crippen molar-refractivity contribution in [2.24, 2.45) is 10.2 Å². The quantitative estimate of drug-likeness (QED) is 0.487. The van der Waals surface area contributed by atoms with Crippen molar-refractivity contribution in [1.82, 2.24) is 0 Å². The first-order valence-corrected chi connectivity index (χ1v) is 6.39. The third-order valence-corrected chi connectivity index (χ3v) is 2.89. The molecule has 10 heteroatoms. The fourth-order valence-electron chi connectivity index (χ4n) is 1.71. The van der Waals surface area contributed by atoms with Crippen LogP contribution < -0.4 is 0 Å². The molecule has 0 unspecified atom stereocenters. The molecule has 10 nitrogen and oxygen atoms in total. The molecule has 0 spiro atoms. The standard InChI is InChI=1S/C14H10N4O6/c19-13-6-14(20)12(18(23)24)5-10(13)8-16-15-7-9-1-3-11(4-2-9)17(21)22/h1-8,19-20H. The molecular weight excluding hydrogens is 320 g/mol. The van der Waals surface area contributed by atoms with Crippen molar-refractivity contribution in [3.05, 3.63) is 67.8 Å². The van der Waals surface area contributed by atoms with Crippen LogP contribution >= 0.6 is 0 Å². The van der Waals surface area contributed by atoms with Gasteiger partial charge in [-0.3, -0.25) is 20.2 Å². The summed E-state index contributed by atoms with van der Waals surface area (Å²) < 4.78 is 0. The van der Waals surface area contributed by atoms with E-state index < -0.39 is 27.0 Å². The molecule has 0 amide bonds. The largest absolute Gasteiger partial charge is 0.507 e. The number of phenols is 2. The minimum Gasteiger partial charge on any atom is -0.507 e. The number of hydrogen-bond donors (Lipinski definition) is 2. The normalized spacial score (nSPS) is 11.2. The van der Waals surface area contributed by atoms with Gasteiger partial charge in [0.1, 0.15) is 5.75 Å². The van der Waals surface area contributed by atoms with E-state index in [1.54, 1.807) is 0 Å². The third kappa shape index (κ3) is 3.88. The van der Waals surface area contributed by atoms with Crippen LogP contribution in [-0.2, 0) is 0 Å². The highest BCUT2D eigenvalue weighted by atomic mass is 16.6. The lowest BCUT2D eigenvalue weighted by Crippen LogP contribution is -1.91. The van der Waals surface area contributed by atoms with Gasteiger partial charge in [-0.15, -0.1) is 0 Å². The molecule has 2 aromatic rings. The van der Waals surface area contributed by atoms with Gasteiger partial charge >= 0.3 is 5.69 Å². The van der Waals surface area contributed by atoms with Gasteiger partial charge in [0.05, 0.1) is 22.3 Å². The Kier molecular flexibility index (Phi) is 4.80. The summed E-state index contributed by atoms with van der Waals surface area (Å²) in [5, 5.41) is 47.5. The van der Waals surface area contributed by atoms with E-state index in [-0.39, 0.29) is 11.3 Å². The van der Waals surface area contributed by atoms with Crippen LogP contribution in [0, 0.1) is 20.2 Å². The number of rotatable bonds is 5. The van der Waals surface area contributed by atoms with Gasteiger partial charge in [-0.2, -0.15) is 10.2 Å². The molecule has 0 saturated carbocycles. The van der Waals surface area contributed by atoms with Crippen molar-refractivity contribution in [3.8, 4) is 11.5 Å². The predicted octanol–water partition coefficient (Wildman–Crippen LogP) is 2.37. The average Bonchev–Trinajstić information content (AvgIpc) is 2.53. The van der Waals surface area contributed by atoms with Crippen LogP contribution in [0.25, 0.3) is 0 Å². The van der Waals surface area contributed by atoms with Gasteiger partial charge in [-0.25, -0.2) is 0 Å². The maximum absolute atomic E-state index is 10.7. The molecule has 0 radical (unpaired) electrons. The molecule has 0 aliphatic heterocycles. The van der Waals surface area contributed by atoms with E-state index >= 15 is 0 Å². The van der Waals surface area contributed by atoms with Crippen LogP contribution in [0.15, 0.2) is 46.6 Å². The molecule has 0 atom stereocenters. The summed E-state index contributed by atoms with van der Waals surface area (Å²) in [4.78, 5) is 19.9. The molecule has 0 aliphatic rings. The molecule has 0 heterocycles. The van der Waals surface area contributed by atoms with Crippen molar-refractivity contribution >= 4 is 23.8 Å². The summed E-state index contributed by atoms with van der Waals surface area (Å²) in [7, 11) is 0. The van der Waals surface area contributed by atoms with Crippen molar-refractivity contribution in [2.45, 2.75) is 0 Å². The van der Waals surface area contributed by atoms with E-state index in [4.69, 9.17) is 0 Å². The summed E-state index contributed by atoms with van der Waals surface area (Å²) in [5.74, 6) is -1.06. The first-order valence-electron chi connectivity index (χ1n) is 6.39. The lowest BCUT2D eigenvalue weighted by molar-refractivity contribution is -0.385. The van der Waals surface area contributed by atoms with Crippen LogP contribution in [0.3, 0.4) is 0 Å². The first-order chi connectivity index (χ1) is 11.4. The van der Waals surface area contributed by atoms with Gasteiger partial charge in [-0.1, -0.05) is 0 Å². The topological polar surface area (TPSA) is 151 Å². The average molecular weight is 330 g/mol. The highest BCUT2D eigenvalue weighted by molar-refractivity contribution is 5.86. The molecule has 2 rings (SSSR count). The third-order valence-electron chi connectivity index (χ3n) is 2.89. The Morgan fingerprint density at radius 1 is 0.875 bits per heavy atom. The fourth-order valence-corrected chi connectivity index (χ4v) is 1.71. The highest BCUT2D eigenvalue weighted by Crippen LogP contribution is 2.31. The highest BCUT2D eigenvalue weighted by Gasteiger charge is 2.16. The first kappa shape index (κ1) is 16.5. The molecule has 0 saturated heterocycles. The summed E-state index contributed by atoms with van der Waals surface area (Å²) in [6, 6.07) is 7.34. The lowest BCUT2D eigenvalue weighted by Gasteiger charge is -2.00. The van der Waals surface area contributed by atoms with Crippen molar-refractivity contribution in [1.29, 1.82) is 0 Å². The van der Waals surface area contributed by atoms with Gasteiger partial charge in [0.15, 0.2) is 5.75 Å². The summed E-state index contributed by atoms with van der Waals surface area (Å²) in [5.41, 5.74) is -0.0791. The van der Waals surface area contributed by atoms with Crippen molar-refractivity contribution < 1.29 is 20.1 Å². The second kappa shape index (κ2) is 6.96. The molecule has 122 valence electrons. The smallest absolute Gasteiger partial charge is 0.311 e. The second-order valence-electron chi connectivity index (χ2n) is 4.49. The van der Waals surface area contributed by atoms with E-state index in [0.29, 0.717) is 5.56 Å². The Bertz CT molecular complexity index is 845. The Labute approximate surface area is 134 Å². The van der Waals surface area contributed by atoms with Crippen LogP contribution in [0.4, 0.5) is 11.4 Å². The molecule has 0 aromatic heterocycles. The number of phenolic OH excluding ortho intramolecular Hbond substituents is 2. The van der Waals surface area contributed by atoms with Gasteiger partial charge in [0, 0.05) is 29.8 Å². The number of aromatic hydroxyl groups is 2. The molecule has 0 aliphatic carbocycles. The molecule has 0 bridgehead atoms. The fraction of sp³-hybridized carbons (Fsp3) is 0. The number of nitro groups is 2. The van der Waals surface area contributed by atoms with Gasteiger partial charge in [-0.05, 0) is 17.7 Å². The zero-order valence-electron chi connectivity index (χ0n) is 11.9. The van der Waals surface area contributed by atoms with Gasteiger partial charge < -0.3 is 10.2 Å². The minimum absolute atomic E-state index is 0.000324. The number of nitro benzene ring substituents is 2. The minimum atomic E-state index is -0.799. The van der Waals surface area contributed by atoms with Crippen LogP contribution in [0.1, 0.15) is 11.1 Å². The van der Waals surface area contributed by atoms with Crippen molar-refractivity contribution in [3.63, 3.8) is 0 Å². The number of benzene rings is 2. The van der Waals surface area contributed by atoms with E-state index in [2.05, 4.69) is 10.2 Å². The molecule has 2 N–H and O–H groups in total. The van der Waals surface area contributed by atoms with E-state index in [1.165, 1.54) is 30.5 Å². The SMILES string of the molecule is O=[N+]([O-])c1ccc(C=NN=Cc2cc([N+](=O)[O-])c(O)cc2O)cc1. The van der Waals surface area contributed by atoms with Crippen LogP contribution in [0.5, 0.6) is 11.5 Å². The number of nitrogens with zero attached hydrogens (tertiary/aromatic N) is 4. The molecule has 2 aromatic carbocycles. The maximum Gasteiger partial charge on any atom is 0.311 e. The summed E-state index contributed by atoms with van der Waals surface area (Å²) in [6.07, 6.45) is 2.38. The number of hydrogen-bond acceptors (Lipinski definition) is 8. The summed E-state index contributed by atoms with van der Waals surface area (Å²) >= 11 is 0.